The summed E-state index contributed by atoms with van der Waals surface area (Å²) in [7, 11) is 0. The molecular formula is C25H26FNO2. The smallest absolute Gasteiger partial charge is 0.306 e. The maximum absolute atomic E-state index is 13.5. The van der Waals surface area contributed by atoms with Crippen LogP contribution in [0.3, 0.4) is 0 Å². The van der Waals surface area contributed by atoms with Crippen LogP contribution in [0.1, 0.15) is 44.2 Å². The van der Waals surface area contributed by atoms with Gasteiger partial charge in [0.15, 0.2) is 0 Å². The summed E-state index contributed by atoms with van der Waals surface area (Å²) in [5.74, 6) is 1.75. The molecule has 1 aromatic carbocycles. The number of carbonyl (C=O) groups excluding carboxylic acids is 1. The molecule has 2 saturated carbocycles. The predicted octanol–water partition coefficient (Wildman–Crippen LogP) is 5.66. The van der Waals surface area contributed by atoms with E-state index in [-0.39, 0.29) is 17.9 Å². The molecule has 3 nitrogen and oxygen atoms in total. The van der Waals surface area contributed by atoms with Crippen LogP contribution >= 0.6 is 0 Å². The van der Waals surface area contributed by atoms with E-state index in [1.807, 2.05) is 18.2 Å². The lowest BCUT2D eigenvalue weighted by Crippen LogP contribution is -2.41. The van der Waals surface area contributed by atoms with Crippen LogP contribution in [-0.4, -0.2) is 17.1 Å². The van der Waals surface area contributed by atoms with E-state index < -0.39 is 0 Å². The standard InChI is InChI=1S/C25H26FNO2/c26-19-6-3-5-16(12-19)18-8-9-20(27-15-18)10-11-22-21-7-2-1-4-17(21)13-24-23(22)14-25(28)29-24/h3,5-6,8-12,15,17,21-24H,1-2,4,7,13-14H2/t17-,21+,22-,23+,24-/m0/s1. The van der Waals surface area contributed by atoms with Crippen molar-refractivity contribution < 1.29 is 13.9 Å². The number of pyridine rings is 1. The largest absolute Gasteiger partial charge is 0.462 e. The Kier molecular flexibility index (Phi) is 4.94. The minimum atomic E-state index is -0.242. The van der Waals surface area contributed by atoms with E-state index in [1.54, 1.807) is 12.3 Å². The van der Waals surface area contributed by atoms with Crippen molar-refractivity contribution >= 4 is 12.0 Å². The van der Waals surface area contributed by atoms with E-state index in [2.05, 4.69) is 17.1 Å². The summed E-state index contributed by atoms with van der Waals surface area (Å²) in [4.78, 5) is 16.5. The molecule has 2 aliphatic carbocycles. The average Bonchev–Trinajstić information content (AvgIpc) is 3.11. The Hall–Kier alpha value is -2.49. The zero-order valence-corrected chi connectivity index (χ0v) is 16.5. The average molecular weight is 391 g/mol. The molecule has 1 aliphatic heterocycles. The molecule has 4 heteroatoms. The summed E-state index contributed by atoms with van der Waals surface area (Å²) in [6, 6.07) is 10.5. The number of esters is 1. The topological polar surface area (TPSA) is 39.2 Å². The van der Waals surface area contributed by atoms with E-state index in [0.29, 0.717) is 30.1 Å². The number of benzene rings is 1. The SMILES string of the molecule is O=C1C[C@@H]2[C@@H](C=Cc3ccc(-c4cccc(F)c4)cn3)[C@@H]3CCCC[C@H]3C[C@@H]2O1. The molecule has 0 spiro atoms. The Morgan fingerprint density at radius 1 is 1.07 bits per heavy atom. The fourth-order valence-electron chi connectivity index (χ4n) is 5.72. The van der Waals surface area contributed by atoms with Crippen LogP contribution in [0.25, 0.3) is 17.2 Å². The second kappa shape index (κ2) is 7.74. The van der Waals surface area contributed by atoms with Gasteiger partial charge in [0, 0.05) is 17.7 Å². The van der Waals surface area contributed by atoms with Gasteiger partial charge in [-0.15, -0.1) is 0 Å². The van der Waals surface area contributed by atoms with Gasteiger partial charge in [-0.25, -0.2) is 4.39 Å². The normalized spacial score (nSPS) is 31.3. The first-order valence-electron chi connectivity index (χ1n) is 10.8. The monoisotopic (exact) mass is 391 g/mol. The number of fused-ring (bicyclic) bond motifs is 2. The molecule has 1 saturated heterocycles. The Bertz CT molecular complexity index is 923. The van der Waals surface area contributed by atoms with Gasteiger partial charge >= 0.3 is 5.97 Å². The second-order valence-electron chi connectivity index (χ2n) is 8.76. The van der Waals surface area contributed by atoms with Gasteiger partial charge in [-0.3, -0.25) is 9.78 Å². The van der Waals surface area contributed by atoms with Gasteiger partial charge in [0.2, 0.25) is 0 Å². The van der Waals surface area contributed by atoms with E-state index in [4.69, 9.17) is 4.74 Å². The first-order valence-corrected chi connectivity index (χ1v) is 10.8. The Labute approximate surface area is 171 Å². The summed E-state index contributed by atoms with van der Waals surface area (Å²) in [5, 5.41) is 0. The van der Waals surface area contributed by atoms with E-state index in [9.17, 15) is 9.18 Å². The summed E-state index contributed by atoms with van der Waals surface area (Å²) in [5.41, 5.74) is 2.63. The number of carbonyl (C=O) groups is 1. The Morgan fingerprint density at radius 2 is 1.97 bits per heavy atom. The summed E-state index contributed by atoms with van der Waals surface area (Å²) < 4.78 is 19.1. The van der Waals surface area contributed by atoms with Crippen LogP contribution < -0.4 is 0 Å². The molecule has 0 bridgehead atoms. The maximum atomic E-state index is 13.5. The molecule has 5 rings (SSSR count). The Balaban J connectivity index is 1.37. The molecule has 0 N–H and O–H groups in total. The van der Waals surface area contributed by atoms with Crippen LogP contribution in [-0.2, 0) is 9.53 Å². The fourth-order valence-corrected chi connectivity index (χ4v) is 5.72. The molecule has 1 aromatic heterocycles. The highest BCUT2D eigenvalue weighted by Crippen LogP contribution is 2.51. The predicted molar refractivity (Wildman–Crippen MR) is 110 cm³/mol. The van der Waals surface area contributed by atoms with Crippen LogP contribution in [0.5, 0.6) is 0 Å². The third-order valence-electron chi connectivity index (χ3n) is 7.09. The van der Waals surface area contributed by atoms with Crippen molar-refractivity contribution in [1.82, 2.24) is 4.98 Å². The maximum Gasteiger partial charge on any atom is 0.306 e. The van der Waals surface area contributed by atoms with Gasteiger partial charge < -0.3 is 4.74 Å². The molecule has 150 valence electrons. The summed E-state index contributed by atoms with van der Waals surface area (Å²) >= 11 is 0. The van der Waals surface area contributed by atoms with E-state index in [1.165, 1.54) is 37.8 Å². The number of hydrogen-bond acceptors (Lipinski definition) is 3. The van der Waals surface area contributed by atoms with E-state index >= 15 is 0 Å². The number of ether oxygens (including phenoxy) is 1. The van der Waals surface area contributed by atoms with Crippen molar-refractivity contribution in [3.8, 4) is 11.1 Å². The van der Waals surface area contributed by atoms with Gasteiger partial charge in [0.05, 0.1) is 12.1 Å². The van der Waals surface area contributed by atoms with E-state index in [0.717, 1.165) is 23.2 Å². The number of hydrogen-bond donors (Lipinski definition) is 0. The molecular weight excluding hydrogens is 365 g/mol. The van der Waals surface area contributed by atoms with Crippen LogP contribution in [0.15, 0.2) is 48.7 Å². The molecule has 5 atom stereocenters. The highest BCUT2D eigenvalue weighted by molar-refractivity contribution is 5.72. The van der Waals surface area contributed by atoms with Crippen molar-refractivity contribution in [1.29, 1.82) is 0 Å². The molecule has 3 fully saturated rings. The number of nitrogens with zero attached hydrogens (tertiary/aromatic N) is 1. The van der Waals surface area contributed by atoms with Crippen LogP contribution in [0.4, 0.5) is 4.39 Å². The zero-order valence-electron chi connectivity index (χ0n) is 16.5. The van der Waals surface area contributed by atoms with Gasteiger partial charge in [0.1, 0.15) is 11.9 Å². The highest BCUT2D eigenvalue weighted by atomic mass is 19.1. The van der Waals surface area contributed by atoms with Gasteiger partial charge in [-0.2, -0.15) is 0 Å². The molecule has 3 aliphatic rings. The van der Waals surface area contributed by atoms with Crippen molar-refractivity contribution in [3.63, 3.8) is 0 Å². The molecule has 2 heterocycles. The Morgan fingerprint density at radius 3 is 2.79 bits per heavy atom. The first-order chi connectivity index (χ1) is 14.2. The van der Waals surface area contributed by atoms with Gasteiger partial charge in [-0.1, -0.05) is 43.5 Å². The molecule has 0 radical (unpaired) electrons. The lowest BCUT2D eigenvalue weighted by molar-refractivity contribution is -0.143. The number of allylic oxidation sites excluding steroid dienone is 1. The van der Waals surface area contributed by atoms with Crippen molar-refractivity contribution in [2.75, 3.05) is 0 Å². The van der Waals surface area contributed by atoms with Crippen LogP contribution in [0, 0.1) is 29.5 Å². The molecule has 2 aromatic rings. The number of halogens is 1. The third-order valence-corrected chi connectivity index (χ3v) is 7.09. The van der Waals surface area contributed by atoms with Crippen molar-refractivity contribution in [2.45, 2.75) is 44.6 Å². The summed E-state index contributed by atoms with van der Waals surface area (Å²) in [6.07, 6.45) is 13.0. The second-order valence-corrected chi connectivity index (χ2v) is 8.76. The third kappa shape index (κ3) is 3.73. The fraction of sp³-hybridized carbons (Fsp3) is 0.440. The lowest BCUT2D eigenvalue weighted by Gasteiger charge is -2.45. The van der Waals surface area contributed by atoms with Crippen LogP contribution in [0.2, 0.25) is 0 Å². The first kappa shape index (κ1) is 18.5. The molecule has 0 amide bonds. The lowest BCUT2D eigenvalue weighted by atomic mass is 9.60. The van der Waals surface area contributed by atoms with Crippen molar-refractivity contribution in [3.05, 3.63) is 60.2 Å². The number of aromatic nitrogens is 1. The van der Waals surface area contributed by atoms with Gasteiger partial charge in [-0.05, 0) is 60.4 Å². The zero-order chi connectivity index (χ0) is 19.8. The number of rotatable bonds is 3. The molecule has 0 unspecified atom stereocenters. The van der Waals surface area contributed by atoms with Crippen molar-refractivity contribution in [2.24, 2.45) is 23.7 Å². The quantitative estimate of drug-likeness (QED) is 0.634. The van der Waals surface area contributed by atoms with Gasteiger partial charge in [0.25, 0.3) is 0 Å². The minimum absolute atomic E-state index is 0.0328. The molecule has 29 heavy (non-hydrogen) atoms. The highest BCUT2D eigenvalue weighted by Gasteiger charge is 2.49. The minimum Gasteiger partial charge on any atom is -0.462 e. The summed E-state index contributed by atoms with van der Waals surface area (Å²) in [6.45, 7) is 0.